The number of nitrogens with zero attached hydrogens (tertiary/aromatic N) is 2. The summed E-state index contributed by atoms with van der Waals surface area (Å²) >= 11 is 0. The van der Waals surface area contributed by atoms with Gasteiger partial charge in [-0.3, -0.25) is 9.52 Å². The Morgan fingerprint density at radius 1 is 1.11 bits per heavy atom. The first-order valence-electron chi connectivity index (χ1n) is 14.1. The lowest BCUT2D eigenvalue weighted by atomic mass is 9.99. The first-order chi connectivity index (χ1) is 21.1. The third-order valence-corrected chi connectivity index (χ3v) is 8.91. The zero-order valence-corrected chi connectivity index (χ0v) is 25.9. The summed E-state index contributed by atoms with van der Waals surface area (Å²) in [7, 11) is -2.62. The summed E-state index contributed by atoms with van der Waals surface area (Å²) < 4.78 is 74.3. The number of carbonyl (C=O) groups excluding carboxylic acids is 2. The maximum Gasteiger partial charge on any atom is 0.416 e. The quantitative estimate of drug-likeness (QED) is 0.308. The van der Waals surface area contributed by atoms with Gasteiger partial charge in [0.25, 0.3) is 15.9 Å². The molecule has 1 heterocycles. The monoisotopic (exact) mass is 648 g/mol. The van der Waals surface area contributed by atoms with Crippen LogP contribution < -0.4 is 14.8 Å². The summed E-state index contributed by atoms with van der Waals surface area (Å²) in [5.74, 6) is -0.928. The third-order valence-electron chi connectivity index (χ3n) is 7.53. The number of hydrogen-bond acceptors (Lipinski definition) is 6. The van der Waals surface area contributed by atoms with Crippen molar-refractivity contribution in [3.63, 3.8) is 0 Å². The van der Waals surface area contributed by atoms with Gasteiger partial charge >= 0.3 is 12.2 Å². The highest BCUT2D eigenvalue weighted by Gasteiger charge is 2.36. The lowest BCUT2D eigenvalue weighted by Crippen LogP contribution is -2.50. The first-order valence-corrected chi connectivity index (χ1v) is 15.6. The highest BCUT2D eigenvalue weighted by atomic mass is 32.2. The van der Waals surface area contributed by atoms with Crippen molar-refractivity contribution in [3.05, 3.63) is 83.4 Å². The molecule has 3 atom stereocenters. The second-order valence-corrected chi connectivity index (χ2v) is 12.8. The molecule has 0 bridgehead atoms. The van der Waals surface area contributed by atoms with Crippen LogP contribution in [0.4, 0.5) is 29.3 Å². The van der Waals surface area contributed by atoms with E-state index in [1.54, 1.807) is 26.0 Å². The number of aryl methyl sites for hydroxylation is 1. The number of benzene rings is 3. The molecule has 10 nitrogen and oxygen atoms in total. The topological polar surface area (TPSA) is 128 Å². The molecular weight excluding hydrogens is 613 g/mol. The number of ether oxygens (including phenoxy) is 1. The van der Waals surface area contributed by atoms with Crippen LogP contribution >= 0.6 is 0 Å². The number of sulfonamides is 1. The number of alkyl halides is 3. The Morgan fingerprint density at radius 2 is 1.76 bits per heavy atom. The van der Waals surface area contributed by atoms with Crippen molar-refractivity contribution in [1.82, 2.24) is 9.80 Å². The number of likely N-dealkylation sites (N-methyl/N-ethyl adjacent to an activating group) is 1. The highest BCUT2D eigenvalue weighted by Crippen LogP contribution is 2.36. The summed E-state index contributed by atoms with van der Waals surface area (Å²) in [5, 5.41) is 12.5. The van der Waals surface area contributed by atoms with Crippen LogP contribution in [0.15, 0.2) is 71.6 Å². The van der Waals surface area contributed by atoms with E-state index in [0.717, 1.165) is 29.8 Å². The number of rotatable bonds is 8. The second-order valence-electron chi connectivity index (χ2n) is 11.1. The Bertz CT molecular complexity index is 1630. The van der Waals surface area contributed by atoms with Gasteiger partial charge < -0.3 is 25.0 Å². The van der Waals surface area contributed by atoms with Gasteiger partial charge in [0.05, 0.1) is 40.9 Å². The summed E-state index contributed by atoms with van der Waals surface area (Å²) in [5.41, 5.74) is 0.240. The molecule has 4 rings (SSSR count). The summed E-state index contributed by atoms with van der Waals surface area (Å²) in [6.07, 6.45) is -5.30. The largest absolute Gasteiger partial charge is 0.485 e. The molecule has 3 N–H and O–H groups in total. The molecule has 14 heteroatoms. The Balaban J connectivity index is 1.64. The summed E-state index contributed by atoms with van der Waals surface area (Å²) in [4.78, 5) is 29.5. The molecule has 0 spiro atoms. The standard InChI is InChI=1S/C31H35F3N4O6S/c1-19-8-14-24(15-9-19)45(42,43)36-26-7-5-6-25-28(26)44-27(20(2)16-38(29(25)40)21(3)18-39)17-37(4)30(41)35-23-12-10-22(11-13-23)31(32,33)34/h5-15,20-21,27,36,39H,16-18H2,1-4H3,(H,35,41)/t20-,21+,27+/m0/s1. The maximum absolute atomic E-state index is 13.7. The van der Waals surface area contributed by atoms with Crippen molar-refractivity contribution in [3.8, 4) is 5.75 Å². The van der Waals surface area contributed by atoms with E-state index in [4.69, 9.17) is 4.74 Å². The van der Waals surface area contributed by atoms with E-state index < -0.39 is 51.8 Å². The van der Waals surface area contributed by atoms with Gasteiger partial charge in [-0.1, -0.05) is 30.7 Å². The third kappa shape index (κ3) is 7.87. The highest BCUT2D eigenvalue weighted by molar-refractivity contribution is 7.92. The number of anilines is 2. The number of aliphatic hydroxyl groups is 1. The first kappa shape index (κ1) is 33.6. The minimum absolute atomic E-state index is 0.00277. The molecule has 1 aliphatic rings. The van der Waals surface area contributed by atoms with Crippen LogP contribution in [0.1, 0.15) is 35.3 Å². The van der Waals surface area contributed by atoms with E-state index in [2.05, 4.69) is 10.0 Å². The fourth-order valence-electron chi connectivity index (χ4n) is 4.78. The van der Waals surface area contributed by atoms with Crippen LogP contribution in [-0.4, -0.2) is 74.2 Å². The average molecular weight is 649 g/mol. The van der Waals surface area contributed by atoms with Gasteiger partial charge in [-0.25, -0.2) is 13.2 Å². The Labute approximate surface area is 259 Å². The van der Waals surface area contributed by atoms with Crippen molar-refractivity contribution < 1.29 is 41.0 Å². The van der Waals surface area contributed by atoms with Crippen molar-refractivity contribution in [2.24, 2.45) is 5.92 Å². The number of hydrogen-bond donors (Lipinski definition) is 3. The van der Waals surface area contributed by atoms with Gasteiger partial charge in [-0.05, 0) is 62.4 Å². The number of carbonyl (C=O) groups is 2. The minimum Gasteiger partial charge on any atom is -0.485 e. The van der Waals surface area contributed by atoms with Gasteiger partial charge in [0.15, 0.2) is 5.75 Å². The fourth-order valence-corrected chi connectivity index (χ4v) is 5.84. The van der Waals surface area contributed by atoms with Crippen LogP contribution in [0.25, 0.3) is 0 Å². The van der Waals surface area contributed by atoms with Crippen molar-refractivity contribution in [2.45, 2.75) is 44.0 Å². The number of aliphatic hydroxyl groups excluding tert-OH is 1. The van der Waals surface area contributed by atoms with Crippen LogP contribution in [0.3, 0.4) is 0 Å². The molecular formula is C31H35F3N4O6S. The van der Waals surface area contributed by atoms with Gasteiger partial charge in [0.2, 0.25) is 0 Å². The summed E-state index contributed by atoms with van der Waals surface area (Å²) in [6, 6.07) is 13.5. The molecule has 1 aliphatic heterocycles. The number of fused-ring (bicyclic) bond motifs is 1. The smallest absolute Gasteiger partial charge is 0.416 e. The van der Waals surface area contributed by atoms with Crippen molar-refractivity contribution in [2.75, 3.05) is 36.8 Å². The van der Waals surface area contributed by atoms with Crippen LogP contribution in [0, 0.1) is 12.8 Å². The fraction of sp³-hybridized carbons (Fsp3) is 0.355. The van der Waals surface area contributed by atoms with Crippen LogP contribution in [-0.2, 0) is 16.2 Å². The van der Waals surface area contributed by atoms with Crippen LogP contribution in [0.2, 0.25) is 0 Å². The van der Waals surface area contributed by atoms with E-state index in [1.807, 2.05) is 6.92 Å². The van der Waals surface area contributed by atoms with E-state index in [0.29, 0.717) is 0 Å². The summed E-state index contributed by atoms with van der Waals surface area (Å²) in [6.45, 7) is 5.08. The molecule has 0 unspecified atom stereocenters. The molecule has 3 aromatic carbocycles. The molecule has 3 aromatic rings. The van der Waals surface area contributed by atoms with Gasteiger partial charge in [0, 0.05) is 25.2 Å². The average Bonchev–Trinajstić information content (AvgIpc) is 2.98. The molecule has 3 amide bonds. The van der Waals surface area contributed by atoms with Gasteiger partial charge in [0.1, 0.15) is 6.10 Å². The molecule has 0 radical (unpaired) electrons. The molecule has 45 heavy (non-hydrogen) atoms. The lowest BCUT2D eigenvalue weighted by Gasteiger charge is -2.38. The number of amides is 3. The molecule has 0 fully saturated rings. The molecule has 242 valence electrons. The van der Waals surface area contributed by atoms with E-state index in [-0.39, 0.29) is 47.3 Å². The molecule has 0 aliphatic carbocycles. The van der Waals surface area contributed by atoms with Crippen molar-refractivity contribution in [1.29, 1.82) is 0 Å². The van der Waals surface area contributed by atoms with Crippen molar-refractivity contribution >= 4 is 33.3 Å². The zero-order valence-electron chi connectivity index (χ0n) is 25.1. The van der Waals surface area contributed by atoms with E-state index in [1.165, 1.54) is 47.2 Å². The maximum atomic E-state index is 13.7. The zero-order chi connectivity index (χ0) is 33.1. The Kier molecular flexibility index (Phi) is 9.98. The minimum atomic E-state index is -4.52. The normalized spacial score (nSPS) is 17.8. The molecule has 0 saturated heterocycles. The van der Waals surface area contributed by atoms with E-state index in [9.17, 15) is 36.3 Å². The lowest BCUT2D eigenvalue weighted by molar-refractivity contribution is -0.137. The molecule has 0 saturated carbocycles. The van der Waals surface area contributed by atoms with Gasteiger partial charge in [-0.15, -0.1) is 0 Å². The number of halogens is 3. The predicted octanol–water partition coefficient (Wildman–Crippen LogP) is 5.20. The van der Waals surface area contributed by atoms with E-state index >= 15 is 0 Å². The number of urea groups is 1. The second kappa shape index (κ2) is 13.4. The van der Waals surface area contributed by atoms with Gasteiger partial charge in [-0.2, -0.15) is 13.2 Å². The predicted molar refractivity (Wildman–Crippen MR) is 163 cm³/mol. The number of nitrogens with one attached hydrogen (secondary N) is 2. The number of para-hydroxylation sites is 1. The van der Waals surface area contributed by atoms with Crippen LogP contribution in [0.5, 0.6) is 5.75 Å². The Hall–Kier alpha value is -4.30. The molecule has 0 aromatic heterocycles. The SMILES string of the molecule is Cc1ccc(S(=O)(=O)Nc2cccc3c2O[C@H](CN(C)C(=O)Nc2ccc(C(F)(F)F)cc2)[C@@H](C)CN([C@H](C)CO)C3=O)cc1. The Morgan fingerprint density at radius 3 is 2.36 bits per heavy atom.